The van der Waals surface area contributed by atoms with Gasteiger partial charge < -0.3 is 25.8 Å². The van der Waals surface area contributed by atoms with Crippen LogP contribution in [0.15, 0.2) is 36.7 Å². The molecule has 0 aliphatic rings. The van der Waals surface area contributed by atoms with E-state index in [1.807, 2.05) is 0 Å². The zero-order valence-corrected chi connectivity index (χ0v) is 15.8. The molecule has 0 spiro atoms. The predicted molar refractivity (Wildman–Crippen MR) is 103 cm³/mol. The van der Waals surface area contributed by atoms with E-state index < -0.39 is 11.8 Å². The number of aromatic nitrogens is 1. The van der Waals surface area contributed by atoms with Gasteiger partial charge in [-0.3, -0.25) is 19.4 Å². The first-order valence-electron chi connectivity index (χ1n) is 8.17. The van der Waals surface area contributed by atoms with Crippen molar-refractivity contribution >= 4 is 35.0 Å². The number of nitrogens with two attached hydrogens (primary N) is 1. The number of pyridine rings is 1. The summed E-state index contributed by atoms with van der Waals surface area (Å²) in [6, 6.07) is 6.18. The van der Waals surface area contributed by atoms with Gasteiger partial charge in [0.25, 0.3) is 11.8 Å². The molecule has 0 aliphatic carbocycles. The van der Waals surface area contributed by atoms with Crippen molar-refractivity contribution in [2.24, 2.45) is 5.73 Å². The maximum Gasteiger partial charge on any atom is 0.255 e. The minimum absolute atomic E-state index is 0.0747. The Balaban J connectivity index is 1.93. The van der Waals surface area contributed by atoms with Crippen LogP contribution in [0.2, 0.25) is 5.02 Å². The first-order chi connectivity index (χ1) is 13.4. The van der Waals surface area contributed by atoms with E-state index >= 15 is 0 Å². The summed E-state index contributed by atoms with van der Waals surface area (Å²) in [5, 5.41) is 5.37. The molecule has 4 N–H and O–H groups in total. The summed E-state index contributed by atoms with van der Waals surface area (Å²) in [4.78, 5) is 38.9. The van der Waals surface area contributed by atoms with Gasteiger partial charge in [-0.2, -0.15) is 0 Å². The van der Waals surface area contributed by atoms with Gasteiger partial charge in [0.1, 0.15) is 0 Å². The van der Waals surface area contributed by atoms with Crippen LogP contribution in [0.1, 0.15) is 16.8 Å². The molecule has 1 aromatic heterocycles. The summed E-state index contributed by atoms with van der Waals surface area (Å²) in [6.45, 7) is -0.265. The summed E-state index contributed by atoms with van der Waals surface area (Å²) in [6.07, 6.45) is 3.19. The number of carbonyl (C=O) groups is 3. The number of halogens is 1. The van der Waals surface area contributed by atoms with Gasteiger partial charge in [-0.15, -0.1) is 0 Å². The lowest BCUT2D eigenvalue weighted by atomic mass is 10.2. The Labute approximate surface area is 166 Å². The summed E-state index contributed by atoms with van der Waals surface area (Å²) >= 11 is 6.11. The fourth-order valence-electron chi connectivity index (χ4n) is 2.19. The van der Waals surface area contributed by atoms with E-state index in [-0.39, 0.29) is 47.6 Å². The first-order valence-corrected chi connectivity index (χ1v) is 8.55. The molecule has 1 aromatic carbocycles. The third-order valence-electron chi connectivity index (χ3n) is 3.43. The van der Waals surface area contributed by atoms with Crippen LogP contribution in [0.25, 0.3) is 0 Å². The number of carbonyl (C=O) groups excluding carboxylic acids is 3. The van der Waals surface area contributed by atoms with Gasteiger partial charge >= 0.3 is 0 Å². The lowest BCUT2D eigenvalue weighted by molar-refractivity contribution is -0.120. The van der Waals surface area contributed by atoms with Gasteiger partial charge in [-0.05, 0) is 24.3 Å². The smallest absolute Gasteiger partial charge is 0.255 e. The number of nitrogens with one attached hydrogen (secondary N) is 2. The minimum Gasteiger partial charge on any atom is -0.493 e. The van der Waals surface area contributed by atoms with Crippen molar-refractivity contribution in [3.63, 3.8) is 0 Å². The third-order valence-corrected chi connectivity index (χ3v) is 3.71. The van der Waals surface area contributed by atoms with Crippen molar-refractivity contribution in [1.82, 2.24) is 10.3 Å². The number of nitrogens with zero attached hydrogens (tertiary/aromatic N) is 1. The molecule has 0 unspecified atom stereocenters. The molecule has 148 valence electrons. The van der Waals surface area contributed by atoms with Crippen molar-refractivity contribution < 1.29 is 23.9 Å². The van der Waals surface area contributed by atoms with Crippen molar-refractivity contribution in [2.75, 3.05) is 25.6 Å². The van der Waals surface area contributed by atoms with E-state index in [1.54, 1.807) is 18.3 Å². The van der Waals surface area contributed by atoms with Gasteiger partial charge in [0.15, 0.2) is 18.1 Å². The summed E-state index contributed by atoms with van der Waals surface area (Å²) in [5.41, 5.74) is 5.82. The molecule has 9 nitrogen and oxygen atoms in total. The molecular weight excluding hydrogens is 388 g/mol. The van der Waals surface area contributed by atoms with Gasteiger partial charge in [0.2, 0.25) is 5.91 Å². The SMILES string of the molecule is COc1cc(C(=O)NCCC(=O)Nc2cccnc2)cc(Cl)c1OCC(N)=O. The van der Waals surface area contributed by atoms with Crippen LogP contribution in [0, 0.1) is 0 Å². The molecule has 0 atom stereocenters. The quantitative estimate of drug-likeness (QED) is 0.576. The van der Waals surface area contributed by atoms with Crippen LogP contribution in [0.5, 0.6) is 11.5 Å². The van der Waals surface area contributed by atoms with Gasteiger partial charge in [-0.1, -0.05) is 11.6 Å². The number of hydrogen-bond donors (Lipinski definition) is 3. The first kappa shape index (κ1) is 21.0. The number of primary amides is 1. The fraction of sp³-hybridized carbons (Fsp3) is 0.222. The van der Waals surface area contributed by atoms with Crippen LogP contribution in [0.3, 0.4) is 0 Å². The molecule has 0 saturated carbocycles. The predicted octanol–water partition coefficient (Wildman–Crippen LogP) is 1.37. The van der Waals surface area contributed by atoms with Crippen molar-refractivity contribution in [3.05, 3.63) is 47.2 Å². The Bertz CT molecular complexity index is 861. The second kappa shape index (κ2) is 10.1. The zero-order chi connectivity index (χ0) is 20.5. The highest BCUT2D eigenvalue weighted by Crippen LogP contribution is 2.36. The van der Waals surface area contributed by atoms with E-state index in [4.69, 9.17) is 26.8 Å². The van der Waals surface area contributed by atoms with E-state index in [1.165, 1.54) is 25.4 Å². The number of methoxy groups -OCH3 is 1. The molecule has 2 rings (SSSR count). The lowest BCUT2D eigenvalue weighted by Crippen LogP contribution is -2.27. The molecule has 2 aromatic rings. The third kappa shape index (κ3) is 6.13. The van der Waals surface area contributed by atoms with Crippen LogP contribution < -0.4 is 25.8 Å². The maximum atomic E-state index is 12.3. The fourth-order valence-corrected chi connectivity index (χ4v) is 2.45. The molecule has 10 heteroatoms. The molecular formula is C18H19ClN4O5. The second-order valence-electron chi connectivity index (χ2n) is 5.54. The molecule has 1 heterocycles. The van der Waals surface area contributed by atoms with Crippen molar-refractivity contribution in [3.8, 4) is 11.5 Å². The topological polar surface area (TPSA) is 133 Å². The normalized spacial score (nSPS) is 10.1. The number of rotatable bonds is 9. The second-order valence-corrected chi connectivity index (χ2v) is 5.95. The zero-order valence-electron chi connectivity index (χ0n) is 15.0. The summed E-state index contributed by atoms with van der Waals surface area (Å²) < 4.78 is 10.3. The Hall–Kier alpha value is -3.33. The Morgan fingerprint density at radius 2 is 2.07 bits per heavy atom. The van der Waals surface area contributed by atoms with Gasteiger partial charge in [0.05, 0.1) is 24.0 Å². The van der Waals surface area contributed by atoms with Crippen molar-refractivity contribution in [1.29, 1.82) is 0 Å². The van der Waals surface area contributed by atoms with Crippen molar-refractivity contribution in [2.45, 2.75) is 6.42 Å². The Morgan fingerprint density at radius 3 is 2.71 bits per heavy atom. The Kier molecular flexibility index (Phi) is 7.58. The maximum absolute atomic E-state index is 12.3. The van der Waals surface area contributed by atoms with E-state index in [0.717, 1.165) is 0 Å². The van der Waals surface area contributed by atoms with Crippen LogP contribution in [-0.2, 0) is 9.59 Å². The molecule has 0 saturated heterocycles. The highest BCUT2D eigenvalue weighted by atomic mass is 35.5. The number of amides is 3. The molecule has 0 bridgehead atoms. The molecule has 0 aliphatic heterocycles. The van der Waals surface area contributed by atoms with Crippen LogP contribution in [-0.4, -0.2) is 43.0 Å². The average Bonchev–Trinajstić information content (AvgIpc) is 2.66. The van der Waals surface area contributed by atoms with E-state index in [9.17, 15) is 14.4 Å². The standard InChI is InChI=1S/C18H19ClN4O5/c1-27-14-8-11(7-13(19)17(14)28-10-15(20)24)18(26)22-6-4-16(25)23-12-3-2-5-21-9-12/h2-3,5,7-9H,4,6,10H2,1H3,(H2,20,24)(H,22,26)(H,23,25). The monoisotopic (exact) mass is 406 g/mol. The van der Waals surface area contributed by atoms with E-state index in [0.29, 0.717) is 5.69 Å². The highest BCUT2D eigenvalue weighted by molar-refractivity contribution is 6.32. The largest absolute Gasteiger partial charge is 0.493 e. The minimum atomic E-state index is -0.676. The average molecular weight is 407 g/mol. The summed E-state index contributed by atoms with van der Waals surface area (Å²) in [5.74, 6) is -1.11. The molecule has 0 fully saturated rings. The number of benzene rings is 1. The molecule has 28 heavy (non-hydrogen) atoms. The molecule has 0 radical (unpaired) electrons. The van der Waals surface area contributed by atoms with Gasteiger partial charge in [0, 0.05) is 24.7 Å². The summed E-state index contributed by atoms with van der Waals surface area (Å²) in [7, 11) is 1.37. The van der Waals surface area contributed by atoms with Crippen LogP contribution >= 0.6 is 11.6 Å². The number of hydrogen-bond acceptors (Lipinski definition) is 6. The number of anilines is 1. The Morgan fingerprint density at radius 1 is 1.29 bits per heavy atom. The van der Waals surface area contributed by atoms with Crippen LogP contribution in [0.4, 0.5) is 5.69 Å². The lowest BCUT2D eigenvalue weighted by Gasteiger charge is -2.13. The van der Waals surface area contributed by atoms with Gasteiger partial charge in [-0.25, -0.2) is 0 Å². The molecule has 3 amide bonds. The number of ether oxygens (including phenoxy) is 2. The highest BCUT2D eigenvalue weighted by Gasteiger charge is 2.16. The van der Waals surface area contributed by atoms with E-state index in [2.05, 4.69) is 15.6 Å².